The van der Waals surface area contributed by atoms with Crippen molar-refractivity contribution in [1.29, 1.82) is 0 Å². The Kier molecular flexibility index (Phi) is 7.72. The molecule has 0 radical (unpaired) electrons. The van der Waals surface area contributed by atoms with Gasteiger partial charge in [-0.1, -0.05) is 35.0 Å². The first-order valence-electron chi connectivity index (χ1n) is 6.85. The zero-order chi connectivity index (χ0) is 15.0. The third-order valence-corrected chi connectivity index (χ3v) is 5.33. The summed E-state index contributed by atoms with van der Waals surface area (Å²) < 4.78 is 26.7. The minimum absolute atomic E-state index is 0.189. The van der Waals surface area contributed by atoms with E-state index in [0.29, 0.717) is 13.0 Å². The topological polar surface area (TPSA) is 49.4 Å². The molecule has 0 aromatic heterocycles. The molecule has 0 amide bonds. The Morgan fingerprint density at radius 3 is 2.70 bits per heavy atom. The Morgan fingerprint density at radius 2 is 2.05 bits per heavy atom. The maximum Gasteiger partial charge on any atom is 0.214 e. The van der Waals surface area contributed by atoms with Crippen molar-refractivity contribution in [3.05, 3.63) is 34.3 Å². The monoisotopic (exact) mass is 362 g/mol. The summed E-state index contributed by atoms with van der Waals surface area (Å²) in [4.78, 5) is 0. The molecule has 1 aromatic rings. The third kappa shape index (κ3) is 6.35. The Bertz CT molecular complexity index is 506. The number of sulfonamides is 1. The zero-order valence-electron chi connectivity index (χ0n) is 12.1. The van der Waals surface area contributed by atoms with Crippen LogP contribution in [0.5, 0.6) is 0 Å². The highest BCUT2D eigenvalue weighted by Gasteiger charge is 2.17. The summed E-state index contributed by atoms with van der Waals surface area (Å²) >= 11 is 3.39. The minimum Gasteiger partial charge on any atom is -0.317 e. The molecule has 0 atom stereocenters. The number of nitrogens with one attached hydrogen (secondary N) is 1. The van der Waals surface area contributed by atoms with Crippen molar-refractivity contribution >= 4 is 26.0 Å². The van der Waals surface area contributed by atoms with Crippen LogP contribution in [0.3, 0.4) is 0 Å². The fourth-order valence-corrected chi connectivity index (χ4v) is 3.44. The largest absolute Gasteiger partial charge is 0.317 e. The minimum atomic E-state index is -3.18. The Labute approximate surface area is 130 Å². The average molecular weight is 363 g/mol. The molecule has 0 aliphatic rings. The highest BCUT2D eigenvalue weighted by Crippen LogP contribution is 2.14. The lowest BCUT2D eigenvalue weighted by atomic mass is 10.2. The lowest BCUT2D eigenvalue weighted by Gasteiger charge is -2.17. The van der Waals surface area contributed by atoms with Crippen molar-refractivity contribution in [2.45, 2.75) is 26.3 Å². The Morgan fingerprint density at radius 1 is 1.30 bits per heavy atom. The van der Waals surface area contributed by atoms with E-state index < -0.39 is 10.0 Å². The van der Waals surface area contributed by atoms with Crippen LogP contribution in [0.1, 0.15) is 25.3 Å². The van der Waals surface area contributed by atoms with Gasteiger partial charge in [0.25, 0.3) is 0 Å². The van der Waals surface area contributed by atoms with Crippen molar-refractivity contribution in [2.24, 2.45) is 0 Å². The van der Waals surface area contributed by atoms with Gasteiger partial charge < -0.3 is 5.32 Å². The number of hydrogen-bond acceptors (Lipinski definition) is 3. The number of halogens is 1. The number of rotatable bonds is 9. The molecule has 0 heterocycles. The molecule has 6 heteroatoms. The van der Waals surface area contributed by atoms with Gasteiger partial charge in [-0.25, -0.2) is 12.7 Å². The molecule has 0 aliphatic carbocycles. The van der Waals surface area contributed by atoms with E-state index in [0.717, 1.165) is 29.5 Å². The highest BCUT2D eigenvalue weighted by molar-refractivity contribution is 9.10. The van der Waals surface area contributed by atoms with Gasteiger partial charge in [0, 0.05) is 18.1 Å². The van der Waals surface area contributed by atoms with Crippen molar-refractivity contribution in [3.8, 4) is 0 Å². The SMILES string of the molecule is CCCNCCCS(=O)(=O)N(C)Cc1cccc(Br)c1. The Balaban J connectivity index is 2.46. The fourth-order valence-electron chi connectivity index (χ4n) is 1.83. The van der Waals surface area contributed by atoms with Crippen LogP contribution in [0.15, 0.2) is 28.7 Å². The maximum absolute atomic E-state index is 12.1. The van der Waals surface area contributed by atoms with E-state index in [4.69, 9.17) is 0 Å². The van der Waals surface area contributed by atoms with Crippen LogP contribution in [0.4, 0.5) is 0 Å². The number of benzene rings is 1. The lowest BCUT2D eigenvalue weighted by molar-refractivity contribution is 0.464. The zero-order valence-corrected chi connectivity index (χ0v) is 14.5. The van der Waals surface area contributed by atoms with Crippen LogP contribution >= 0.6 is 15.9 Å². The van der Waals surface area contributed by atoms with Gasteiger partial charge in [-0.2, -0.15) is 0 Å². The van der Waals surface area contributed by atoms with Crippen molar-refractivity contribution < 1.29 is 8.42 Å². The molecule has 114 valence electrons. The van der Waals surface area contributed by atoms with E-state index in [2.05, 4.69) is 28.2 Å². The van der Waals surface area contributed by atoms with Crippen LogP contribution in [-0.2, 0) is 16.6 Å². The summed E-state index contributed by atoms with van der Waals surface area (Å²) in [6, 6.07) is 7.71. The van der Waals surface area contributed by atoms with Crippen LogP contribution < -0.4 is 5.32 Å². The molecule has 1 aromatic carbocycles. The molecule has 0 bridgehead atoms. The number of hydrogen-bond donors (Lipinski definition) is 1. The third-order valence-electron chi connectivity index (χ3n) is 2.95. The van der Waals surface area contributed by atoms with E-state index in [-0.39, 0.29) is 5.75 Å². The van der Waals surface area contributed by atoms with E-state index in [1.807, 2.05) is 24.3 Å². The van der Waals surface area contributed by atoms with Crippen molar-refractivity contribution in [1.82, 2.24) is 9.62 Å². The van der Waals surface area contributed by atoms with Gasteiger partial charge in [-0.3, -0.25) is 0 Å². The standard InChI is InChI=1S/C14H23BrN2O2S/c1-3-8-16-9-5-10-20(18,19)17(2)12-13-6-4-7-14(15)11-13/h4,6-7,11,16H,3,5,8-10,12H2,1-2H3. The molecule has 0 aliphatic heterocycles. The second kappa shape index (κ2) is 8.77. The van der Waals surface area contributed by atoms with Gasteiger partial charge in [-0.15, -0.1) is 0 Å². The molecule has 1 rings (SSSR count). The fraction of sp³-hybridized carbons (Fsp3) is 0.571. The second-order valence-electron chi connectivity index (χ2n) is 4.81. The van der Waals surface area contributed by atoms with Gasteiger partial charge in [0.2, 0.25) is 10.0 Å². The van der Waals surface area contributed by atoms with Crippen molar-refractivity contribution in [3.63, 3.8) is 0 Å². The smallest absolute Gasteiger partial charge is 0.214 e. The highest BCUT2D eigenvalue weighted by atomic mass is 79.9. The molecule has 20 heavy (non-hydrogen) atoms. The molecule has 0 unspecified atom stereocenters. The Hall–Kier alpha value is -0.430. The van der Waals surface area contributed by atoms with Gasteiger partial charge in [-0.05, 0) is 43.6 Å². The quantitative estimate of drug-likeness (QED) is 0.686. The van der Waals surface area contributed by atoms with Crippen molar-refractivity contribution in [2.75, 3.05) is 25.9 Å². The molecular formula is C14H23BrN2O2S. The van der Waals surface area contributed by atoms with Gasteiger partial charge >= 0.3 is 0 Å². The predicted octanol–water partition coefficient (Wildman–Crippen LogP) is 2.60. The van der Waals surface area contributed by atoms with Gasteiger partial charge in [0.05, 0.1) is 5.75 Å². The first kappa shape index (κ1) is 17.6. The predicted molar refractivity (Wildman–Crippen MR) is 87.2 cm³/mol. The van der Waals surface area contributed by atoms with E-state index in [1.165, 1.54) is 4.31 Å². The van der Waals surface area contributed by atoms with E-state index in [9.17, 15) is 8.42 Å². The summed E-state index contributed by atoms with van der Waals surface area (Å²) in [6.45, 7) is 4.19. The van der Waals surface area contributed by atoms with Gasteiger partial charge in [0.15, 0.2) is 0 Å². The lowest BCUT2D eigenvalue weighted by Crippen LogP contribution is -2.30. The first-order chi connectivity index (χ1) is 9.45. The molecule has 4 nitrogen and oxygen atoms in total. The van der Waals surface area contributed by atoms with Crippen LogP contribution in [-0.4, -0.2) is 38.6 Å². The maximum atomic E-state index is 12.1. The summed E-state index contributed by atoms with van der Waals surface area (Å²) in [5, 5.41) is 3.21. The van der Waals surface area contributed by atoms with Crippen LogP contribution in [0.25, 0.3) is 0 Å². The number of nitrogens with zero attached hydrogens (tertiary/aromatic N) is 1. The summed E-state index contributed by atoms with van der Waals surface area (Å²) in [6.07, 6.45) is 1.71. The first-order valence-corrected chi connectivity index (χ1v) is 9.25. The van der Waals surface area contributed by atoms with Crippen LogP contribution in [0.2, 0.25) is 0 Å². The molecule has 0 fully saturated rings. The molecule has 1 N–H and O–H groups in total. The molecule has 0 spiro atoms. The summed E-state index contributed by atoms with van der Waals surface area (Å²) in [5.74, 6) is 0.189. The van der Waals surface area contributed by atoms with Gasteiger partial charge in [0.1, 0.15) is 0 Å². The van der Waals surface area contributed by atoms with Crippen LogP contribution in [0, 0.1) is 0 Å². The molecular weight excluding hydrogens is 340 g/mol. The molecule has 0 saturated carbocycles. The average Bonchev–Trinajstić information content (AvgIpc) is 2.38. The van der Waals surface area contributed by atoms with E-state index in [1.54, 1.807) is 7.05 Å². The van der Waals surface area contributed by atoms with E-state index >= 15 is 0 Å². The second-order valence-corrected chi connectivity index (χ2v) is 7.92. The molecule has 0 saturated heterocycles. The summed E-state index contributed by atoms with van der Waals surface area (Å²) in [5.41, 5.74) is 0.981. The summed E-state index contributed by atoms with van der Waals surface area (Å²) in [7, 11) is -1.55. The normalized spacial score (nSPS) is 12.0.